The summed E-state index contributed by atoms with van der Waals surface area (Å²) >= 11 is 0. The zero-order chi connectivity index (χ0) is 26.0. The van der Waals surface area contributed by atoms with Gasteiger partial charge in [-0.25, -0.2) is 9.18 Å². The van der Waals surface area contributed by atoms with Crippen LogP contribution in [0, 0.1) is 17.7 Å². The summed E-state index contributed by atoms with van der Waals surface area (Å²) in [5.41, 5.74) is -0.521. The number of aromatic nitrogens is 1. The summed E-state index contributed by atoms with van der Waals surface area (Å²) in [7, 11) is 4.07. The number of nitrogens with zero attached hydrogens (tertiary/aromatic N) is 2. The molecule has 2 atom stereocenters. The minimum absolute atomic E-state index is 0.244. The lowest BCUT2D eigenvalue weighted by Gasteiger charge is -2.62. The number of anilines is 1. The van der Waals surface area contributed by atoms with Crippen molar-refractivity contribution in [3.63, 3.8) is 0 Å². The third kappa shape index (κ3) is 6.04. The van der Waals surface area contributed by atoms with Crippen LogP contribution in [0.15, 0.2) is 42.5 Å². The Kier molecular flexibility index (Phi) is 7.07. The number of ether oxygens (including phenoxy) is 1. The van der Waals surface area contributed by atoms with E-state index in [1.54, 1.807) is 18.2 Å². The van der Waals surface area contributed by atoms with E-state index in [1.807, 2.05) is 26.2 Å². The number of benzene rings is 1. The number of halogens is 1. The molecule has 198 valence electrons. The summed E-state index contributed by atoms with van der Waals surface area (Å²) < 4.78 is 19.3. The second-order valence-electron chi connectivity index (χ2n) is 11.4. The van der Waals surface area contributed by atoms with E-state index in [0.29, 0.717) is 29.6 Å². The van der Waals surface area contributed by atoms with E-state index in [2.05, 4.69) is 25.8 Å². The van der Waals surface area contributed by atoms with Crippen molar-refractivity contribution in [1.29, 1.82) is 0 Å². The summed E-state index contributed by atoms with van der Waals surface area (Å²) in [6.45, 7) is 1.75. The van der Waals surface area contributed by atoms with Crippen LogP contribution in [0.2, 0.25) is 0 Å². The van der Waals surface area contributed by atoms with Gasteiger partial charge in [0.2, 0.25) is 5.88 Å². The zero-order valence-corrected chi connectivity index (χ0v) is 21.6. The quantitative estimate of drug-likeness (QED) is 0.439. The van der Waals surface area contributed by atoms with Crippen LogP contribution in [0.25, 0.3) is 0 Å². The van der Waals surface area contributed by atoms with Crippen molar-refractivity contribution in [2.45, 2.75) is 56.0 Å². The molecule has 1 aromatic carbocycles. The Labute approximate surface area is 217 Å². The Morgan fingerprint density at radius 3 is 2.46 bits per heavy atom. The fourth-order valence-corrected chi connectivity index (χ4v) is 7.02. The molecular formula is C28H36FN5O3. The molecular weight excluding hydrogens is 473 g/mol. The van der Waals surface area contributed by atoms with Crippen LogP contribution in [0.5, 0.6) is 5.88 Å². The molecule has 6 rings (SSSR count). The number of hydrogen-bond acceptors (Lipinski definition) is 6. The van der Waals surface area contributed by atoms with E-state index in [4.69, 9.17) is 4.74 Å². The van der Waals surface area contributed by atoms with Crippen LogP contribution >= 0.6 is 0 Å². The molecule has 0 radical (unpaired) electrons. The van der Waals surface area contributed by atoms with Crippen LogP contribution in [-0.4, -0.2) is 60.1 Å². The largest absolute Gasteiger partial charge is 0.414 e. The highest BCUT2D eigenvalue weighted by Crippen LogP contribution is 2.57. The molecule has 4 aliphatic rings. The maximum atomic E-state index is 13.7. The summed E-state index contributed by atoms with van der Waals surface area (Å²) in [5.74, 6) is 1.05. The van der Waals surface area contributed by atoms with E-state index in [9.17, 15) is 14.0 Å². The molecule has 2 unspecified atom stereocenters. The number of carbonyl (C=O) groups excluding carboxylic acids is 2. The Morgan fingerprint density at radius 1 is 1.05 bits per heavy atom. The number of amides is 2. The first kappa shape index (κ1) is 25.4. The lowest BCUT2D eigenvalue weighted by Crippen LogP contribution is -2.70. The molecule has 1 heterocycles. The van der Waals surface area contributed by atoms with Crippen LogP contribution in [0.3, 0.4) is 0 Å². The molecule has 4 saturated carbocycles. The first-order valence-corrected chi connectivity index (χ1v) is 13.2. The van der Waals surface area contributed by atoms with Crippen molar-refractivity contribution in [1.82, 2.24) is 20.5 Å². The maximum absolute atomic E-state index is 13.7. The molecule has 2 aromatic rings. The minimum atomic E-state index is -0.522. The Hall–Kier alpha value is -3.20. The molecule has 4 aliphatic carbocycles. The van der Waals surface area contributed by atoms with Gasteiger partial charge in [-0.1, -0.05) is 12.1 Å². The number of rotatable bonds is 9. The summed E-state index contributed by atoms with van der Waals surface area (Å²) in [6, 6.07) is 11.1. The van der Waals surface area contributed by atoms with E-state index >= 15 is 0 Å². The standard InChI is InChI=1S/C28H36FN5O3/c1-34(2)11-5-10-30-23-8-4-9-24(31-23)37-26(36)33-28-16-19-12-20(17-28)15-27(14-19,18-28)32-25(35)21-6-3-7-22(29)13-21/h3-4,6-9,13,19-20H,5,10-12,14-18H2,1-2H3,(H,30,31)(H,32,35)(H,33,36). The second-order valence-corrected chi connectivity index (χ2v) is 11.4. The molecule has 4 fully saturated rings. The van der Waals surface area contributed by atoms with Gasteiger partial charge in [-0.3, -0.25) is 4.79 Å². The molecule has 1 aromatic heterocycles. The summed E-state index contributed by atoms with van der Waals surface area (Å²) in [4.78, 5) is 32.6. The van der Waals surface area contributed by atoms with Crippen LogP contribution in [0.1, 0.15) is 55.3 Å². The van der Waals surface area contributed by atoms with E-state index in [1.165, 1.54) is 12.1 Å². The molecule has 3 N–H and O–H groups in total. The number of carbonyl (C=O) groups is 2. The highest BCUT2D eigenvalue weighted by Gasteiger charge is 2.59. The molecule has 8 nitrogen and oxygen atoms in total. The highest BCUT2D eigenvalue weighted by atomic mass is 19.1. The lowest BCUT2D eigenvalue weighted by atomic mass is 9.50. The monoisotopic (exact) mass is 509 g/mol. The van der Waals surface area contributed by atoms with Gasteiger partial charge in [-0.15, -0.1) is 0 Å². The predicted octanol–water partition coefficient (Wildman–Crippen LogP) is 4.19. The van der Waals surface area contributed by atoms with Gasteiger partial charge < -0.3 is 25.6 Å². The number of nitrogens with one attached hydrogen (secondary N) is 3. The summed E-state index contributed by atoms with van der Waals surface area (Å²) in [6.07, 6.45) is 5.71. The molecule has 9 heteroatoms. The predicted molar refractivity (Wildman–Crippen MR) is 139 cm³/mol. The van der Waals surface area contributed by atoms with Gasteiger partial charge in [0.15, 0.2) is 0 Å². The average molecular weight is 510 g/mol. The Morgan fingerprint density at radius 2 is 1.76 bits per heavy atom. The fourth-order valence-electron chi connectivity index (χ4n) is 7.02. The van der Waals surface area contributed by atoms with E-state index in [-0.39, 0.29) is 11.8 Å². The normalized spacial score (nSPS) is 27.7. The van der Waals surface area contributed by atoms with Gasteiger partial charge in [0, 0.05) is 29.3 Å². The molecule has 37 heavy (non-hydrogen) atoms. The van der Waals surface area contributed by atoms with Crippen molar-refractivity contribution >= 4 is 17.8 Å². The second kappa shape index (κ2) is 10.3. The molecule has 0 spiro atoms. The van der Waals surface area contributed by atoms with E-state index in [0.717, 1.165) is 51.6 Å². The molecule has 4 bridgehead atoms. The zero-order valence-electron chi connectivity index (χ0n) is 21.6. The summed E-state index contributed by atoms with van der Waals surface area (Å²) in [5, 5.41) is 9.67. The van der Waals surface area contributed by atoms with Gasteiger partial charge in [0.05, 0.1) is 0 Å². The van der Waals surface area contributed by atoms with Gasteiger partial charge in [-0.05, 0) is 102 Å². The van der Waals surface area contributed by atoms with Crippen LogP contribution in [0.4, 0.5) is 15.0 Å². The van der Waals surface area contributed by atoms with Crippen molar-refractivity contribution in [3.8, 4) is 5.88 Å². The third-order valence-electron chi connectivity index (χ3n) is 7.90. The topological polar surface area (TPSA) is 95.6 Å². The molecule has 0 aliphatic heterocycles. The minimum Gasteiger partial charge on any atom is -0.391 e. The Balaban J connectivity index is 1.22. The van der Waals surface area contributed by atoms with Crippen molar-refractivity contribution in [2.75, 3.05) is 32.5 Å². The number of hydrogen-bond donors (Lipinski definition) is 3. The van der Waals surface area contributed by atoms with Crippen molar-refractivity contribution in [2.24, 2.45) is 11.8 Å². The highest BCUT2D eigenvalue weighted by molar-refractivity contribution is 5.94. The SMILES string of the molecule is CN(C)CCCNc1cccc(OC(=O)NC23CC4CC(C2)CC(NC(=O)c2cccc(F)c2)(C4)C3)n1. The maximum Gasteiger partial charge on any atom is 0.414 e. The van der Waals surface area contributed by atoms with Gasteiger partial charge in [0.25, 0.3) is 5.91 Å². The van der Waals surface area contributed by atoms with Gasteiger partial charge in [-0.2, -0.15) is 4.98 Å². The third-order valence-corrected chi connectivity index (χ3v) is 7.90. The smallest absolute Gasteiger partial charge is 0.391 e. The van der Waals surface area contributed by atoms with Crippen LogP contribution < -0.4 is 20.7 Å². The average Bonchev–Trinajstić information content (AvgIpc) is 2.80. The Bertz CT molecular complexity index is 1140. The lowest BCUT2D eigenvalue weighted by molar-refractivity contribution is -0.0449. The van der Waals surface area contributed by atoms with Crippen molar-refractivity contribution < 1.29 is 18.7 Å². The van der Waals surface area contributed by atoms with E-state index < -0.39 is 23.0 Å². The van der Waals surface area contributed by atoms with Gasteiger partial charge >= 0.3 is 6.09 Å². The first-order valence-electron chi connectivity index (χ1n) is 13.2. The van der Waals surface area contributed by atoms with Gasteiger partial charge in [0.1, 0.15) is 11.6 Å². The first-order chi connectivity index (χ1) is 17.7. The van der Waals surface area contributed by atoms with Crippen LogP contribution in [-0.2, 0) is 0 Å². The number of pyridine rings is 1. The van der Waals surface area contributed by atoms with Crippen molar-refractivity contribution in [3.05, 3.63) is 53.8 Å². The molecule has 0 saturated heterocycles. The fraction of sp³-hybridized carbons (Fsp3) is 0.536. The molecule has 2 amide bonds.